The summed E-state index contributed by atoms with van der Waals surface area (Å²) in [6.07, 6.45) is 8.03. The summed E-state index contributed by atoms with van der Waals surface area (Å²) < 4.78 is 26.5. The van der Waals surface area contributed by atoms with E-state index in [1.54, 1.807) is 6.08 Å². The second-order valence-electron chi connectivity index (χ2n) is 7.14. The van der Waals surface area contributed by atoms with Gasteiger partial charge >= 0.3 is 5.04 Å². The zero-order chi connectivity index (χ0) is 21.2. The van der Waals surface area contributed by atoms with Gasteiger partial charge in [-0.05, 0) is 48.8 Å². The van der Waals surface area contributed by atoms with Crippen LogP contribution in [0.1, 0.15) is 78.6 Å². The molecule has 1 unspecified atom stereocenters. The maximum Gasteiger partial charge on any atom is 0.382 e. The first-order chi connectivity index (χ1) is 13.4. The zero-order valence-corrected chi connectivity index (χ0v) is 18.1. The molecule has 7 heteroatoms. The maximum atomic E-state index is 13.2. The van der Waals surface area contributed by atoms with E-state index in [4.69, 9.17) is 5.73 Å². The molecule has 0 bridgehead atoms. The van der Waals surface area contributed by atoms with Gasteiger partial charge in [0.25, 0.3) is 9.84 Å². The number of unbranched alkanes of at least 4 members (excludes halogenated alkanes) is 3. The van der Waals surface area contributed by atoms with E-state index in [9.17, 15) is 18.7 Å². The summed E-state index contributed by atoms with van der Waals surface area (Å²) in [6.45, 7) is 6.29. The van der Waals surface area contributed by atoms with E-state index in [0.29, 0.717) is 24.8 Å². The molecule has 0 heterocycles. The van der Waals surface area contributed by atoms with Crippen molar-refractivity contribution in [2.75, 3.05) is 6.54 Å². The van der Waals surface area contributed by atoms with E-state index in [0.717, 1.165) is 43.3 Å². The average Bonchev–Trinajstić information content (AvgIpc) is 2.69. The highest BCUT2D eigenvalue weighted by atomic mass is 32.2. The van der Waals surface area contributed by atoms with Crippen molar-refractivity contribution in [2.45, 2.75) is 83.8 Å². The first-order valence-electron chi connectivity index (χ1n) is 10.3. The molecule has 0 aromatic rings. The van der Waals surface area contributed by atoms with Gasteiger partial charge in [0.15, 0.2) is 0 Å². The fourth-order valence-electron chi connectivity index (χ4n) is 3.48. The van der Waals surface area contributed by atoms with Crippen LogP contribution < -0.4 is 5.73 Å². The van der Waals surface area contributed by atoms with Crippen molar-refractivity contribution in [3.05, 3.63) is 33.9 Å². The van der Waals surface area contributed by atoms with Crippen LogP contribution in [0.3, 0.4) is 0 Å². The smallest absolute Gasteiger partial charge is 0.360 e. The number of rotatable bonds is 11. The van der Waals surface area contributed by atoms with Gasteiger partial charge in [-0.3, -0.25) is 0 Å². The molecule has 0 amide bonds. The number of carbonyl (C=O) groups excluding carboxylic acids is 1. The second-order valence-corrected chi connectivity index (χ2v) is 9.21. The number of hydrogen-bond acceptors (Lipinski definition) is 4. The van der Waals surface area contributed by atoms with Crippen LogP contribution in [0.15, 0.2) is 28.4 Å². The molecule has 6 nitrogen and oxygen atoms in total. The van der Waals surface area contributed by atoms with Crippen molar-refractivity contribution in [1.82, 2.24) is 0 Å². The van der Waals surface area contributed by atoms with Crippen LogP contribution in [0.4, 0.5) is 0 Å². The lowest BCUT2D eigenvalue weighted by atomic mass is 9.83. The minimum Gasteiger partial charge on any atom is -0.360 e. The Morgan fingerprint density at radius 2 is 1.71 bits per heavy atom. The van der Waals surface area contributed by atoms with Gasteiger partial charge in [-0.1, -0.05) is 46.1 Å². The number of nitrogens with zero attached hydrogens (tertiary/aromatic N) is 2. The molecule has 0 aromatic heterocycles. The highest BCUT2D eigenvalue weighted by molar-refractivity contribution is 8.07. The summed E-state index contributed by atoms with van der Waals surface area (Å²) in [4.78, 5) is 14.9. The fraction of sp³-hybridized carbons (Fsp3) is 0.667. The molecule has 2 N–H and O–H groups in total. The lowest BCUT2D eigenvalue weighted by Gasteiger charge is -2.27. The van der Waals surface area contributed by atoms with Crippen molar-refractivity contribution in [2.24, 2.45) is 5.73 Å². The van der Waals surface area contributed by atoms with Gasteiger partial charge in [-0.25, -0.2) is 13.2 Å². The average molecular weight is 408 g/mol. The number of hydrogen-bond donors (Lipinski definition) is 1. The molecule has 1 aliphatic rings. The molecule has 0 aliphatic heterocycles. The standard InChI is InChI=1S/C21H33N3O3S/c1-4-7-10-16-13-20(28(26,27)21(24-23)12-9-6-3)19(15-25)17(11-8-5-2)18(16)14-22/h13,20H,4-12,14,22H2,1-3H3. The molecule has 28 heavy (non-hydrogen) atoms. The SMILES string of the molecule is CCCCC1=CC(S(=O)(=O)C(CCCC)=[N+]=[N-])C(=C=O)C(CCCC)=C1CN. The Bertz CT molecular complexity index is 812. The van der Waals surface area contributed by atoms with Gasteiger partial charge in [0.2, 0.25) is 0 Å². The van der Waals surface area contributed by atoms with Crippen LogP contribution in [0.25, 0.3) is 5.53 Å². The van der Waals surface area contributed by atoms with Crippen LogP contribution in [-0.2, 0) is 14.6 Å². The van der Waals surface area contributed by atoms with Crippen molar-refractivity contribution in [3.63, 3.8) is 0 Å². The Kier molecular flexibility index (Phi) is 10.3. The van der Waals surface area contributed by atoms with E-state index in [-0.39, 0.29) is 23.6 Å². The number of sulfone groups is 1. The predicted molar refractivity (Wildman–Crippen MR) is 113 cm³/mol. The zero-order valence-electron chi connectivity index (χ0n) is 17.3. The third kappa shape index (κ3) is 5.62. The molecule has 0 saturated heterocycles. The first kappa shape index (κ1) is 24.3. The van der Waals surface area contributed by atoms with E-state index in [1.165, 1.54) is 0 Å². The van der Waals surface area contributed by atoms with E-state index in [1.807, 2.05) is 19.8 Å². The highest BCUT2D eigenvalue weighted by Crippen LogP contribution is 2.37. The molecular formula is C21H33N3O3S. The minimum absolute atomic E-state index is 0.117. The Morgan fingerprint density at radius 3 is 2.21 bits per heavy atom. The topological polar surface area (TPSA) is 114 Å². The summed E-state index contributed by atoms with van der Waals surface area (Å²) >= 11 is 0. The molecule has 1 aliphatic carbocycles. The molecule has 1 atom stereocenters. The van der Waals surface area contributed by atoms with Crippen LogP contribution in [0.5, 0.6) is 0 Å². The van der Waals surface area contributed by atoms with Crippen molar-refractivity contribution in [1.29, 1.82) is 0 Å². The number of allylic oxidation sites excluding steroid dienone is 1. The molecule has 156 valence electrons. The molecular weight excluding hydrogens is 374 g/mol. The monoisotopic (exact) mass is 407 g/mol. The fourth-order valence-corrected chi connectivity index (χ4v) is 5.16. The second kappa shape index (κ2) is 11.9. The Labute approximate surface area is 169 Å². The lowest BCUT2D eigenvalue weighted by molar-refractivity contribution is -0.00349. The predicted octanol–water partition coefficient (Wildman–Crippen LogP) is 3.92. The highest BCUT2D eigenvalue weighted by Gasteiger charge is 2.42. The maximum absolute atomic E-state index is 13.2. The lowest BCUT2D eigenvalue weighted by Crippen LogP contribution is -2.34. The summed E-state index contributed by atoms with van der Waals surface area (Å²) in [7, 11) is -4.01. The number of nitrogens with two attached hydrogens (primary N) is 1. The molecule has 0 radical (unpaired) electrons. The van der Waals surface area contributed by atoms with Gasteiger partial charge in [0, 0.05) is 6.54 Å². The van der Waals surface area contributed by atoms with Crippen molar-refractivity contribution >= 4 is 20.8 Å². The van der Waals surface area contributed by atoms with E-state index >= 15 is 0 Å². The third-order valence-electron chi connectivity index (χ3n) is 5.13. The molecule has 1 rings (SSSR count). The Hall–Kier alpha value is -1.78. The van der Waals surface area contributed by atoms with Gasteiger partial charge in [0.1, 0.15) is 11.2 Å². The summed E-state index contributed by atoms with van der Waals surface area (Å²) in [6, 6.07) is 0. The van der Waals surface area contributed by atoms with Gasteiger partial charge in [-0.15, -0.1) is 0 Å². The van der Waals surface area contributed by atoms with E-state index < -0.39 is 15.1 Å². The molecule has 0 saturated carbocycles. The van der Waals surface area contributed by atoms with Crippen LogP contribution in [0.2, 0.25) is 0 Å². The first-order valence-corrected chi connectivity index (χ1v) is 11.8. The Balaban J connectivity index is 3.56. The Morgan fingerprint density at radius 1 is 1.11 bits per heavy atom. The van der Waals surface area contributed by atoms with Crippen LogP contribution >= 0.6 is 0 Å². The van der Waals surface area contributed by atoms with Gasteiger partial charge < -0.3 is 11.3 Å². The largest absolute Gasteiger partial charge is 0.382 e. The van der Waals surface area contributed by atoms with Gasteiger partial charge in [-0.2, -0.15) is 4.79 Å². The third-order valence-corrected chi connectivity index (χ3v) is 7.11. The van der Waals surface area contributed by atoms with Gasteiger partial charge in [0.05, 0.1) is 12.0 Å². The van der Waals surface area contributed by atoms with Crippen molar-refractivity contribution < 1.29 is 18.0 Å². The molecule has 0 fully saturated rings. The normalized spacial score (nSPS) is 17.2. The van der Waals surface area contributed by atoms with Crippen LogP contribution in [0, 0.1) is 0 Å². The molecule has 0 spiro atoms. The summed E-state index contributed by atoms with van der Waals surface area (Å²) in [5, 5.41) is -1.44. The molecule has 0 aromatic carbocycles. The van der Waals surface area contributed by atoms with Crippen molar-refractivity contribution in [3.8, 4) is 0 Å². The van der Waals surface area contributed by atoms with Crippen LogP contribution in [-0.4, -0.2) is 36.0 Å². The quantitative estimate of drug-likeness (QED) is 0.184. The van der Waals surface area contributed by atoms with E-state index in [2.05, 4.69) is 11.7 Å². The minimum atomic E-state index is -4.01. The summed E-state index contributed by atoms with van der Waals surface area (Å²) in [5.74, 6) is 1.89. The summed E-state index contributed by atoms with van der Waals surface area (Å²) in [5.41, 5.74) is 17.9.